The zero-order chi connectivity index (χ0) is 76.6. The minimum Gasteiger partial charge on any atom is -0.463 e. The van der Waals surface area contributed by atoms with Crippen molar-refractivity contribution in [3.05, 3.63) is 146 Å². The van der Waals surface area contributed by atoms with Gasteiger partial charge in [0.2, 0.25) is 0 Å². The van der Waals surface area contributed by atoms with Gasteiger partial charge in [-0.25, -0.2) is 9.13 Å². The summed E-state index contributed by atoms with van der Waals surface area (Å²) in [7, 11) is -9.80. The van der Waals surface area contributed by atoms with Gasteiger partial charge in [-0.05, 0) is 135 Å². The van der Waals surface area contributed by atoms with Crippen LogP contribution in [0.5, 0.6) is 0 Å². The molecular formula is C87H148O16P2. The Kier molecular flexibility index (Phi) is 75.6. The summed E-state index contributed by atoms with van der Waals surface area (Å²) in [4.78, 5) is 58.6. The number of allylic oxidation sites excluding steroid dienone is 24. The first kappa shape index (κ1) is 100. The van der Waals surface area contributed by atoms with Crippen molar-refractivity contribution in [2.75, 3.05) is 39.6 Å². The second kappa shape index (κ2) is 79.0. The predicted octanol–water partition coefficient (Wildman–Crippen LogP) is 24.4. The minimum atomic E-state index is -4.94. The van der Waals surface area contributed by atoms with Crippen molar-refractivity contribution < 1.29 is 75.8 Å². The van der Waals surface area contributed by atoms with Crippen LogP contribution in [0, 0.1) is 0 Å². The van der Waals surface area contributed by atoms with Gasteiger partial charge in [-0.3, -0.25) is 32.5 Å². The molecule has 0 spiro atoms. The molecule has 0 aromatic rings. The number of hydrogen-bond donors (Lipinski definition) is 4. The summed E-state index contributed by atoms with van der Waals surface area (Å²) in [5.41, 5.74) is 0. The number of carbonyl (C=O) groups excluding carboxylic acids is 3. The zero-order valence-corrected chi connectivity index (χ0v) is 67.6. The summed E-state index contributed by atoms with van der Waals surface area (Å²) in [5, 5.41) is 20.6. The van der Waals surface area contributed by atoms with Gasteiger partial charge in [0.1, 0.15) is 25.4 Å². The highest BCUT2D eigenvalue weighted by Crippen LogP contribution is 2.45. The van der Waals surface area contributed by atoms with E-state index in [1.54, 1.807) is 0 Å². The molecule has 0 amide bonds. The van der Waals surface area contributed by atoms with Crippen LogP contribution < -0.4 is 0 Å². The Bertz CT molecular complexity index is 2490. The Morgan fingerprint density at radius 3 is 0.800 bits per heavy atom. The molecular weight excluding hydrogens is 1360 g/mol. The van der Waals surface area contributed by atoms with Crippen LogP contribution in [0.2, 0.25) is 0 Å². The average Bonchev–Trinajstić information content (AvgIpc) is 1.03. The lowest BCUT2D eigenvalue weighted by Gasteiger charge is -2.21. The van der Waals surface area contributed by atoms with E-state index in [1.165, 1.54) is 103 Å². The molecule has 0 fully saturated rings. The van der Waals surface area contributed by atoms with Crippen LogP contribution in [0.3, 0.4) is 0 Å². The first-order valence-electron chi connectivity index (χ1n) is 41.1. The summed E-state index contributed by atoms with van der Waals surface area (Å²) >= 11 is 0. The van der Waals surface area contributed by atoms with Crippen LogP contribution in [0.1, 0.15) is 329 Å². The smallest absolute Gasteiger partial charge is 0.463 e. The van der Waals surface area contributed by atoms with E-state index in [4.69, 9.17) is 32.3 Å². The van der Waals surface area contributed by atoms with E-state index in [1.807, 2.05) is 0 Å². The molecule has 5 atom stereocenters. The normalized spacial score (nSPS) is 14.7. The van der Waals surface area contributed by atoms with Crippen LogP contribution in [0.4, 0.5) is 0 Å². The van der Waals surface area contributed by atoms with Crippen LogP contribution in [-0.2, 0) is 55.8 Å². The van der Waals surface area contributed by atoms with Crippen molar-refractivity contribution >= 4 is 33.6 Å². The first-order valence-corrected chi connectivity index (χ1v) is 44.1. The fourth-order valence-corrected chi connectivity index (χ4v) is 12.4. The molecule has 0 aliphatic heterocycles. The Morgan fingerprint density at radius 1 is 0.276 bits per heavy atom. The molecule has 4 N–H and O–H groups in total. The molecule has 16 nitrogen and oxygen atoms in total. The highest BCUT2D eigenvalue weighted by Gasteiger charge is 2.29. The van der Waals surface area contributed by atoms with Crippen molar-refractivity contribution in [2.45, 2.75) is 347 Å². The van der Waals surface area contributed by atoms with Gasteiger partial charge in [0.15, 0.2) is 6.10 Å². The fourth-order valence-electron chi connectivity index (χ4n) is 10.8. The Morgan fingerprint density at radius 2 is 0.505 bits per heavy atom. The molecule has 0 radical (unpaired) electrons. The van der Waals surface area contributed by atoms with Crippen LogP contribution in [0.15, 0.2) is 146 Å². The van der Waals surface area contributed by atoms with Gasteiger partial charge in [0.05, 0.1) is 26.4 Å². The van der Waals surface area contributed by atoms with Gasteiger partial charge in [-0.2, -0.15) is 0 Å². The summed E-state index contributed by atoms with van der Waals surface area (Å²) in [5.74, 6) is -1.61. The Labute approximate surface area is 638 Å². The molecule has 0 rings (SSSR count). The zero-order valence-electron chi connectivity index (χ0n) is 65.9. The van der Waals surface area contributed by atoms with Crippen molar-refractivity contribution in [3.8, 4) is 0 Å². The molecule has 0 aromatic carbocycles. The van der Waals surface area contributed by atoms with E-state index in [2.05, 4.69) is 167 Å². The van der Waals surface area contributed by atoms with Gasteiger partial charge < -0.3 is 34.2 Å². The highest BCUT2D eigenvalue weighted by molar-refractivity contribution is 7.47. The van der Waals surface area contributed by atoms with E-state index < -0.39 is 91.5 Å². The molecule has 0 saturated carbocycles. The van der Waals surface area contributed by atoms with E-state index in [-0.39, 0.29) is 19.3 Å². The molecule has 0 aromatic heterocycles. The number of phosphoric acid groups is 2. The molecule has 0 bridgehead atoms. The number of unbranched alkanes of at least 4 members (excludes halogenated alkanes) is 30. The maximum atomic E-state index is 12.9. The quantitative estimate of drug-likeness (QED) is 0.0146. The number of esters is 3. The predicted molar refractivity (Wildman–Crippen MR) is 436 cm³/mol. The van der Waals surface area contributed by atoms with Crippen molar-refractivity contribution in [2.24, 2.45) is 0 Å². The molecule has 0 aliphatic carbocycles. The third kappa shape index (κ3) is 80.3. The average molecular weight is 1510 g/mol. The number of aliphatic hydroxyl groups is 2. The van der Waals surface area contributed by atoms with Gasteiger partial charge >= 0.3 is 33.6 Å². The van der Waals surface area contributed by atoms with Crippen LogP contribution in [0.25, 0.3) is 0 Å². The topological polar surface area (TPSA) is 231 Å². The van der Waals surface area contributed by atoms with Gasteiger partial charge in [-0.15, -0.1) is 0 Å². The molecule has 0 aliphatic rings. The largest absolute Gasteiger partial charge is 0.472 e. The summed E-state index contributed by atoms with van der Waals surface area (Å²) in [6.07, 6.45) is 97.8. The lowest BCUT2D eigenvalue weighted by molar-refractivity contribution is -0.161. The summed E-state index contributed by atoms with van der Waals surface area (Å²) < 4.78 is 61.1. The molecule has 602 valence electrons. The molecule has 0 heterocycles. The fraction of sp³-hybridized carbons (Fsp3) is 0.690. The third-order valence-corrected chi connectivity index (χ3v) is 18.9. The lowest BCUT2D eigenvalue weighted by Crippen LogP contribution is -2.30. The standard InChI is InChI=1S/C87H148O16P2/c1-4-7-10-13-16-19-22-25-27-29-31-33-34-35-36-37-38-39-40-41-42-43-44-45-46-48-50-51-53-56-58-61-64-67-70-73-85(90)97-76-82(88)77-99-104(93,94)100-78-83(89)79-101-105(95,96)102-81-84(103-87(92)75-72-69-66-63-60-55-24-21-18-15-12-9-6-3)80-98-86(91)74-71-68-65-62-59-57-54-52-49-47-32-30-28-26-23-20-17-14-11-8-5-2/h7-8,10-12,15-17,19-21,24-28,31-33,35-36,47,52,54,82-84,88-89H,4-6,9,13-14,18,22-23,29-30,34,37-46,48-51,53,55-81H2,1-3H3,(H,93,94)(H,95,96)/b10-7-,11-8-,15-12-,19-16-,20-17-,24-21-,27-25-,28-26-,33-31-,36-35-,47-32-,54-52-. The lowest BCUT2D eigenvalue weighted by atomic mass is 10.0. The van der Waals surface area contributed by atoms with Gasteiger partial charge in [0, 0.05) is 19.3 Å². The van der Waals surface area contributed by atoms with Crippen molar-refractivity contribution in [1.29, 1.82) is 0 Å². The maximum Gasteiger partial charge on any atom is 0.472 e. The first-order chi connectivity index (χ1) is 51.2. The number of carbonyl (C=O) groups is 3. The highest BCUT2D eigenvalue weighted by atomic mass is 31.2. The summed E-state index contributed by atoms with van der Waals surface area (Å²) in [6, 6.07) is 0. The molecule has 5 unspecified atom stereocenters. The number of rotatable bonds is 77. The van der Waals surface area contributed by atoms with Gasteiger partial charge in [-0.1, -0.05) is 321 Å². The SMILES string of the molecule is CC/C=C\C/C=C\C/C=C\C/C=C\C/C=C\CCCCCCCCCCCCCCCCCCCCCC(=O)OCC(O)COP(=O)(O)OCC(O)COP(=O)(O)OCC(COC(=O)CCCCCCC/C=C\C/C=C\C/C=C\C/C=C\C/C=C\CC)OC(=O)CCCCCCC/C=C\C/C=C\CCC. The van der Waals surface area contributed by atoms with Gasteiger partial charge in [0.25, 0.3) is 0 Å². The van der Waals surface area contributed by atoms with E-state index in [9.17, 15) is 43.5 Å². The number of hydrogen-bond acceptors (Lipinski definition) is 14. The monoisotopic (exact) mass is 1510 g/mol. The Balaban J connectivity index is 4.39. The van der Waals surface area contributed by atoms with Crippen molar-refractivity contribution in [1.82, 2.24) is 0 Å². The van der Waals surface area contributed by atoms with E-state index >= 15 is 0 Å². The Hall–Kier alpha value is -4.57. The summed E-state index contributed by atoms with van der Waals surface area (Å²) in [6.45, 7) is 2.36. The van der Waals surface area contributed by atoms with Crippen molar-refractivity contribution in [3.63, 3.8) is 0 Å². The third-order valence-electron chi connectivity index (χ3n) is 17.0. The number of aliphatic hydroxyl groups excluding tert-OH is 2. The number of phosphoric ester groups is 2. The van der Waals surface area contributed by atoms with E-state index in [0.717, 1.165) is 167 Å². The second-order valence-electron chi connectivity index (χ2n) is 27.2. The minimum absolute atomic E-state index is 0.0807. The maximum absolute atomic E-state index is 12.9. The van der Waals surface area contributed by atoms with Crippen LogP contribution >= 0.6 is 15.6 Å². The second-order valence-corrected chi connectivity index (χ2v) is 30.1. The molecule has 0 saturated heterocycles. The molecule has 18 heteroatoms. The van der Waals surface area contributed by atoms with E-state index in [0.29, 0.717) is 19.3 Å². The molecule has 105 heavy (non-hydrogen) atoms. The van der Waals surface area contributed by atoms with Crippen LogP contribution in [-0.4, -0.2) is 95.9 Å². The number of ether oxygens (including phenoxy) is 3.